The van der Waals surface area contributed by atoms with Crippen LogP contribution in [0, 0.1) is 11.2 Å². The standard InChI is InChI=1S/C26H34ClFN4O4/c1-16-14-32(15-17(2)35-16)26(34)25(29)20-4-3-5-22(20)30-13-24(33)31-10-8-19(9-11-31)36-23-7-6-18(27)12-21(23)28/h6-7,12,16-17,19,29-30H,3-5,8-11,13-15H2,1-2H3/t16-,17+. The van der Waals surface area contributed by atoms with Crippen LogP contribution in [0.4, 0.5) is 4.39 Å². The number of allylic oxidation sites excluding steroid dienone is 1. The molecule has 3 aliphatic rings. The lowest BCUT2D eigenvalue weighted by atomic mass is 10.1. The maximum Gasteiger partial charge on any atom is 0.272 e. The van der Waals surface area contributed by atoms with E-state index in [1.165, 1.54) is 12.1 Å². The van der Waals surface area contributed by atoms with E-state index in [1.807, 2.05) is 13.8 Å². The summed E-state index contributed by atoms with van der Waals surface area (Å²) >= 11 is 5.79. The number of carbonyl (C=O) groups excluding carboxylic acids is 2. The highest BCUT2D eigenvalue weighted by molar-refractivity contribution is 6.44. The Morgan fingerprint density at radius 1 is 1.17 bits per heavy atom. The zero-order valence-electron chi connectivity index (χ0n) is 20.8. The van der Waals surface area contributed by atoms with Crippen LogP contribution in [0.1, 0.15) is 46.0 Å². The Labute approximate surface area is 216 Å². The van der Waals surface area contributed by atoms with Crippen LogP contribution in [-0.2, 0) is 14.3 Å². The number of ether oxygens (including phenoxy) is 2. The van der Waals surface area contributed by atoms with Crippen LogP contribution in [0.3, 0.4) is 0 Å². The van der Waals surface area contributed by atoms with E-state index in [9.17, 15) is 14.0 Å². The third kappa shape index (κ3) is 6.37. The van der Waals surface area contributed by atoms with Gasteiger partial charge in [0.05, 0.1) is 18.8 Å². The average molecular weight is 521 g/mol. The Bertz CT molecular complexity index is 1030. The average Bonchev–Trinajstić information content (AvgIpc) is 3.32. The molecule has 4 rings (SSSR count). The predicted molar refractivity (Wildman–Crippen MR) is 135 cm³/mol. The summed E-state index contributed by atoms with van der Waals surface area (Å²) in [6.45, 7) is 5.97. The van der Waals surface area contributed by atoms with Crippen LogP contribution >= 0.6 is 11.6 Å². The van der Waals surface area contributed by atoms with Gasteiger partial charge in [-0.2, -0.15) is 0 Å². The van der Waals surface area contributed by atoms with E-state index in [4.69, 9.17) is 26.5 Å². The van der Waals surface area contributed by atoms with Gasteiger partial charge < -0.3 is 24.6 Å². The van der Waals surface area contributed by atoms with Crippen LogP contribution in [0.5, 0.6) is 5.75 Å². The number of nitrogens with zero attached hydrogens (tertiary/aromatic N) is 2. The lowest BCUT2D eigenvalue weighted by Crippen LogP contribution is -2.50. The second-order valence-electron chi connectivity index (χ2n) is 9.78. The normalized spacial score (nSPS) is 23.1. The van der Waals surface area contributed by atoms with E-state index in [-0.39, 0.29) is 48.1 Å². The lowest BCUT2D eigenvalue weighted by Gasteiger charge is -2.35. The Morgan fingerprint density at radius 3 is 2.53 bits per heavy atom. The van der Waals surface area contributed by atoms with Gasteiger partial charge in [-0.1, -0.05) is 11.6 Å². The maximum atomic E-state index is 14.0. The number of hydrogen-bond donors (Lipinski definition) is 2. The number of amides is 2. The number of rotatable bonds is 7. The number of hydrogen-bond acceptors (Lipinski definition) is 6. The van der Waals surface area contributed by atoms with Gasteiger partial charge in [-0.3, -0.25) is 15.0 Å². The Hall–Kier alpha value is -2.65. The van der Waals surface area contributed by atoms with Crippen LogP contribution in [0.25, 0.3) is 0 Å². The second-order valence-corrected chi connectivity index (χ2v) is 10.2. The first kappa shape index (κ1) is 26.4. The highest BCUT2D eigenvalue weighted by atomic mass is 35.5. The summed E-state index contributed by atoms with van der Waals surface area (Å²) in [5, 5.41) is 12.1. The van der Waals surface area contributed by atoms with Crippen molar-refractivity contribution in [1.82, 2.24) is 15.1 Å². The Balaban J connectivity index is 1.27. The molecule has 2 saturated heterocycles. The maximum absolute atomic E-state index is 14.0. The Morgan fingerprint density at radius 2 is 1.86 bits per heavy atom. The van der Waals surface area contributed by atoms with E-state index in [1.54, 1.807) is 15.9 Å². The summed E-state index contributed by atoms with van der Waals surface area (Å²) in [6, 6.07) is 4.34. The van der Waals surface area contributed by atoms with Crippen LogP contribution in [-0.4, -0.2) is 78.4 Å². The molecule has 0 aromatic heterocycles. The molecule has 1 aromatic rings. The van der Waals surface area contributed by atoms with Crippen molar-refractivity contribution in [2.75, 3.05) is 32.7 Å². The zero-order chi connectivity index (χ0) is 25.8. The van der Waals surface area contributed by atoms with Crippen LogP contribution < -0.4 is 10.1 Å². The minimum Gasteiger partial charge on any atom is -0.487 e. The first-order valence-corrected chi connectivity index (χ1v) is 13.0. The van der Waals surface area contributed by atoms with Gasteiger partial charge in [-0.25, -0.2) is 4.39 Å². The van der Waals surface area contributed by atoms with E-state index < -0.39 is 5.82 Å². The monoisotopic (exact) mass is 520 g/mol. The molecule has 2 amide bonds. The van der Waals surface area contributed by atoms with Crippen molar-refractivity contribution < 1.29 is 23.5 Å². The molecule has 0 radical (unpaired) electrons. The minimum atomic E-state index is -0.493. The van der Waals surface area contributed by atoms with Crippen molar-refractivity contribution in [2.24, 2.45) is 0 Å². The lowest BCUT2D eigenvalue weighted by molar-refractivity contribution is -0.136. The number of morpholine rings is 1. The van der Waals surface area contributed by atoms with Crippen LogP contribution in [0.15, 0.2) is 29.5 Å². The first-order valence-electron chi connectivity index (χ1n) is 12.6. The molecule has 10 heteroatoms. The summed E-state index contributed by atoms with van der Waals surface area (Å²) < 4.78 is 25.5. The van der Waals surface area contributed by atoms with Gasteiger partial charge in [0.1, 0.15) is 11.8 Å². The van der Waals surface area contributed by atoms with E-state index in [2.05, 4.69) is 5.32 Å². The molecule has 8 nitrogen and oxygen atoms in total. The molecule has 2 aliphatic heterocycles. The molecule has 1 aliphatic carbocycles. The molecule has 2 fully saturated rings. The molecular formula is C26H34ClFN4O4. The number of likely N-dealkylation sites (tertiary alicyclic amines) is 1. The van der Waals surface area contributed by atoms with Gasteiger partial charge >= 0.3 is 0 Å². The molecule has 0 unspecified atom stereocenters. The van der Waals surface area contributed by atoms with Crippen LogP contribution in [0.2, 0.25) is 5.02 Å². The molecule has 2 N–H and O–H groups in total. The van der Waals surface area contributed by atoms with Crippen molar-refractivity contribution in [2.45, 2.75) is 64.3 Å². The Kier molecular flexibility index (Phi) is 8.51. The predicted octanol–water partition coefficient (Wildman–Crippen LogP) is 3.53. The number of benzene rings is 1. The first-order chi connectivity index (χ1) is 17.2. The van der Waals surface area contributed by atoms with E-state index >= 15 is 0 Å². The zero-order valence-corrected chi connectivity index (χ0v) is 21.6. The third-order valence-electron chi connectivity index (χ3n) is 6.88. The number of piperidine rings is 1. The van der Waals surface area contributed by atoms with Gasteiger partial charge in [0.15, 0.2) is 11.6 Å². The van der Waals surface area contributed by atoms with Crippen molar-refractivity contribution in [3.63, 3.8) is 0 Å². The largest absolute Gasteiger partial charge is 0.487 e. The van der Waals surface area contributed by atoms with Crippen molar-refractivity contribution in [1.29, 1.82) is 5.41 Å². The number of nitrogens with one attached hydrogen (secondary N) is 2. The fraction of sp³-hybridized carbons (Fsp3) is 0.577. The van der Waals surface area contributed by atoms with Crippen molar-refractivity contribution in [3.05, 3.63) is 40.3 Å². The summed E-state index contributed by atoms with van der Waals surface area (Å²) in [5.41, 5.74) is 1.53. The molecular weight excluding hydrogens is 487 g/mol. The molecule has 0 spiro atoms. The van der Waals surface area contributed by atoms with Gasteiger partial charge in [-0.15, -0.1) is 0 Å². The molecule has 2 atom stereocenters. The van der Waals surface area contributed by atoms with E-state index in [0.29, 0.717) is 56.0 Å². The fourth-order valence-corrected chi connectivity index (χ4v) is 5.27. The van der Waals surface area contributed by atoms with Crippen molar-refractivity contribution in [3.8, 4) is 5.75 Å². The van der Waals surface area contributed by atoms with Gasteiger partial charge in [0.25, 0.3) is 5.91 Å². The quantitative estimate of drug-likeness (QED) is 0.536. The number of halogens is 2. The molecule has 196 valence electrons. The fourth-order valence-electron chi connectivity index (χ4n) is 5.11. The molecule has 0 saturated carbocycles. The minimum absolute atomic E-state index is 0.0103. The third-order valence-corrected chi connectivity index (χ3v) is 7.11. The SMILES string of the molecule is C[C@@H]1CN(C(=O)C(=N)C2=C(NCC(=O)N3CCC(Oc4ccc(Cl)cc4F)CC3)CCC2)C[C@H](C)O1. The number of carbonyl (C=O) groups is 2. The second kappa shape index (κ2) is 11.6. The van der Waals surface area contributed by atoms with Gasteiger partial charge in [0, 0.05) is 55.3 Å². The summed E-state index contributed by atoms with van der Waals surface area (Å²) in [5.74, 6) is -0.644. The smallest absolute Gasteiger partial charge is 0.272 e. The molecule has 36 heavy (non-hydrogen) atoms. The topological polar surface area (TPSA) is 95.0 Å². The summed E-state index contributed by atoms with van der Waals surface area (Å²) in [4.78, 5) is 29.3. The highest BCUT2D eigenvalue weighted by Crippen LogP contribution is 2.27. The van der Waals surface area contributed by atoms with E-state index in [0.717, 1.165) is 18.5 Å². The van der Waals surface area contributed by atoms with Crippen molar-refractivity contribution >= 4 is 29.1 Å². The summed E-state index contributed by atoms with van der Waals surface area (Å²) in [6.07, 6.45) is 3.16. The molecule has 0 bridgehead atoms. The molecule has 1 aromatic carbocycles. The molecule has 2 heterocycles. The summed E-state index contributed by atoms with van der Waals surface area (Å²) in [7, 11) is 0. The van der Waals surface area contributed by atoms with Gasteiger partial charge in [-0.05, 0) is 51.3 Å². The highest BCUT2D eigenvalue weighted by Gasteiger charge is 2.32. The van der Waals surface area contributed by atoms with Gasteiger partial charge in [0.2, 0.25) is 5.91 Å².